The van der Waals surface area contributed by atoms with Gasteiger partial charge >= 0.3 is 6.03 Å². The maximum atomic E-state index is 12.5. The number of hydrogen-bond donors (Lipinski definition) is 2. The molecule has 27 heavy (non-hydrogen) atoms. The van der Waals surface area contributed by atoms with Crippen LogP contribution in [-0.2, 0) is 4.79 Å². The van der Waals surface area contributed by atoms with Gasteiger partial charge in [0.25, 0.3) is 0 Å². The molecular weight excluding hydrogens is 344 g/mol. The van der Waals surface area contributed by atoms with Crippen molar-refractivity contribution in [2.75, 3.05) is 38.6 Å². The van der Waals surface area contributed by atoms with Crippen LogP contribution in [0.15, 0.2) is 54.6 Å². The van der Waals surface area contributed by atoms with Crippen LogP contribution in [0.5, 0.6) is 5.75 Å². The summed E-state index contributed by atoms with van der Waals surface area (Å²) in [6.45, 7) is 2.22. The molecule has 7 heteroatoms. The van der Waals surface area contributed by atoms with E-state index < -0.39 is 6.04 Å². The molecule has 1 atom stereocenters. The van der Waals surface area contributed by atoms with Crippen LogP contribution in [0.25, 0.3) is 0 Å². The number of rotatable bonds is 5. The van der Waals surface area contributed by atoms with Gasteiger partial charge in [0.2, 0.25) is 5.91 Å². The van der Waals surface area contributed by atoms with Crippen molar-refractivity contribution in [2.45, 2.75) is 6.04 Å². The topological polar surface area (TPSA) is 87.9 Å². The molecule has 0 aliphatic carbocycles. The molecule has 1 unspecified atom stereocenters. The molecule has 3 N–H and O–H groups in total. The highest BCUT2D eigenvalue weighted by Crippen LogP contribution is 2.22. The second kappa shape index (κ2) is 8.55. The van der Waals surface area contributed by atoms with E-state index in [1.54, 1.807) is 36.3 Å². The Hall–Kier alpha value is -3.06. The van der Waals surface area contributed by atoms with Gasteiger partial charge in [-0.25, -0.2) is 4.79 Å². The van der Waals surface area contributed by atoms with E-state index >= 15 is 0 Å². The summed E-state index contributed by atoms with van der Waals surface area (Å²) >= 11 is 0. The van der Waals surface area contributed by atoms with Crippen LogP contribution < -0.4 is 15.8 Å². The smallest absolute Gasteiger partial charge is 0.321 e. The van der Waals surface area contributed by atoms with Crippen LogP contribution in [0.4, 0.5) is 10.5 Å². The Labute approximate surface area is 158 Å². The molecule has 142 valence electrons. The monoisotopic (exact) mass is 368 g/mol. The molecular formula is C20H24N4O3. The second-order valence-electron chi connectivity index (χ2n) is 6.40. The number of urea groups is 1. The number of nitrogens with two attached hydrogens (primary N) is 1. The van der Waals surface area contributed by atoms with E-state index in [2.05, 4.69) is 5.32 Å². The molecule has 1 aliphatic rings. The average molecular weight is 368 g/mol. The molecule has 2 aromatic rings. The Bertz CT molecular complexity index is 772. The summed E-state index contributed by atoms with van der Waals surface area (Å²) in [6, 6.07) is 16.0. The number of primary amides is 1. The van der Waals surface area contributed by atoms with Gasteiger partial charge in [-0.1, -0.05) is 30.3 Å². The van der Waals surface area contributed by atoms with Crippen LogP contribution in [0.1, 0.15) is 11.6 Å². The highest BCUT2D eigenvalue weighted by atomic mass is 16.5. The third-order valence-corrected chi connectivity index (χ3v) is 4.69. The number of anilines is 1. The number of methoxy groups -OCH3 is 1. The Morgan fingerprint density at radius 3 is 2.19 bits per heavy atom. The minimum absolute atomic E-state index is 0.157. The molecule has 1 saturated heterocycles. The molecule has 1 aliphatic heterocycles. The van der Waals surface area contributed by atoms with Gasteiger partial charge in [-0.2, -0.15) is 0 Å². The third-order valence-electron chi connectivity index (χ3n) is 4.69. The first kappa shape index (κ1) is 18.7. The fourth-order valence-corrected chi connectivity index (χ4v) is 3.25. The van der Waals surface area contributed by atoms with Crippen molar-refractivity contribution in [3.05, 3.63) is 60.2 Å². The van der Waals surface area contributed by atoms with Gasteiger partial charge in [0.05, 0.1) is 7.11 Å². The largest absolute Gasteiger partial charge is 0.497 e. The van der Waals surface area contributed by atoms with Crippen LogP contribution in [0.3, 0.4) is 0 Å². The van der Waals surface area contributed by atoms with Gasteiger partial charge in [-0.15, -0.1) is 0 Å². The fourth-order valence-electron chi connectivity index (χ4n) is 3.25. The Morgan fingerprint density at radius 2 is 1.63 bits per heavy atom. The Balaban J connectivity index is 1.58. The summed E-state index contributed by atoms with van der Waals surface area (Å²) in [5, 5.41) is 2.88. The number of piperazine rings is 1. The number of carbonyl (C=O) groups is 2. The lowest BCUT2D eigenvalue weighted by atomic mass is 10.0. The molecule has 1 heterocycles. The fraction of sp³-hybridized carbons (Fsp3) is 0.300. The molecule has 0 saturated carbocycles. The molecule has 0 aromatic heterocycles. The van der Waals surface area contributed by atoms with Crippen molar-refractivity contribution in [3.8, 4) is 5.75 Å². The minimum atomic E-state index is -0.474. The van der Waals surface area contributed by atoms with Crippen molar-refractivity contribution < 1.29 is 14.3 Å². The molecule has 3 rings (SSSR count). The minimum Gasteiger partial charge on any atom is -0.497 e. The van der Waals surface area contributed by atoms with Gasteiger partial charge in [0.15, 0.2) is 0 Å². The number of benzene rings is 2. The third kappa shape index (κ3) is 4.57. The van der Waals surface area contributed by atoms with Gasteiger partial charge in [-0.3, -0.25) is 9.69 Å². The van der Waals surface area contributed by atoms with Crippen LogP contribution >= 0.6 is 0 Å². The lowest BCUT2D eigenvalue weighted by Crippen LogP contribution is -2.52. The number of ether oxygens (including phenoxy) is 1. The first-order valence-electron chi connectivity index (χ1n) is 8.87. The molecule has 0 spiro atoms. The Kier molecular flexibility index (Phi) is 5.93. The predicted octanol–water partition coefficient (Wildman–Crippen LogP) is 2.07. The van der Waals surface area contributed by atoms with Gasteiger partial charge in [0, 0.05) is 31.9 Å². The van der Waals surface area contributed by atoms with E-state index in [0.29, 0.717) is 31.9 Å². The van der Waals surface area contributed by atoms with Gasteiger partial charge in [0.1, 0.15) is 11.8 Å². The highest BCUT2D eigenvalue weighted by molar-refractivity contribution is 5.89. The Morgan fingerprint density at radius 1 is 1.00 bits per heavy atom. The van der Waals surface area contributed by atoms with Crippen molar-refractivity contribution in [1.82, 2.24) is 9.80 Å². The molecule has 0 bridgehead atoms. The van der Waals surface area contributed by atoms with E-state index in [9.17, 15) is 9.59 Å². The zero-order valence-corrected chi connectivity index (χ0v) is 15.3. The summed E-state index contributed by atoms with van der Waals surface area (Å²) in [4.78, 5) is 28.2. The molecule has 2 aromatic carbocycles. The second-order valence-corrected chi connectivity index (χ2v) is 6.40. The predicted molar refractivity (Wildman–Crippen MR) is 104 cm³/mol. The van der Waals surface area contributed by atoms with Crippen molar-refractivity contribution in [1.29, 1.82) is 0 Å². The highest BCUT2D eigenvalue weighted by Gasteiger charge is 2.30. The number of amides is 3. The first-order chi connectivity index (χ1) is 13.1. The molecule has 1 fully saturated rings. The van der Waals surface area contributed by atoms with Gasteiger partial charge in [-0.05, 0) is 29.8 Å². The number of nitrogens with one attached hydrogen (secondary N) is 1. The van der Waals surface area contributed by atoms with Crippen LogP contribution in [0, 0.1) is 0 Å². The van der Waals surface area contributed by atoms with E-state index in [0.717, 1.165) is 11.3 Å². The lowest BCUT2D eigenvalue weighted by Gasteiger charge is -2.38. The maximum absolute atomic E-state index is 12.5. The van der Waals surface area contributed by atoms with E-state index in [-0.39, 0.29) is 11.9 Å². The summed E-state index contributed by atoms with van der Waals surface area (Å²) in [5.74, 6) is 0.359. The standard InChI is InChI=1S/C20H24N4O3/c1-27-17-9-7-16(8-10-17)22-20(26)24-13-11-23(12-14-24)18(19(21)25)15-5-3-2-4-6-15/h2-10,18H,11-14H2,1H3,(H2,21,25)(H,22,26). The van der Waals surface area contributed by atoms with Crippen molar-refractivity contribution in [3.63, 3.8) is 0 Å². The first-order valence-corrected chi connectivity index (χ1v) is 8.87. The molecule has 0 radical (unpaired) electrons. The zero-order chi connectivity index (χ0) is 19.2. The summed E-state index contributed by atoms with van der Waals surface area (Å²) in [6.07, 6.45) is 0. The number of nitrogens with zero attached hydrogens (tertiary/aromatic N) is 2. The summed E-state index contributed by atoms with van der Waals surface area (Å²) in [5.41, 5.74) is 7.22. The molecule has 7 nitrogen and oxygen atoms in total. The van der Waals surface area contributed by atoms with Crippen LogP contribution in [-0.4, -0.2) is 55.0 Å². The van der Waals surface area contributed by atoms with Gasteiger partial charge < -0.3 is 20.7 Å². The lowest BCUT2D eigenvalue weighted by molar-refractivity contribution is -0.124. The summed E-state index contributed by atoms with van der Waals surface area (Å²) in [7, 11) is 1.60. The average Bonchev–Trinajstić information content (AvgIpc) is 2.70. The maximum Gasteiger partial charge on any atom is 0.321 e. The van der Waals surface area contributed by atoms with E-state index in [4.69, 9.17) is 10.5 Å². The SMILES string of the molecule is COc1ccc(NC(=O)N2CCN(C(C(N)=O)c3ccccc3)CC2)cc1. The van der Waals surface area contributed by atoms with Crippen molar-refractivity contribution >= 4 is 17.6 Å². The van der Waals surface area contributed by atoms with E-state index in [1.165, 1.54) is 0 Å². The summed E-state index contributed by atoms with van der Waals surface area (Å²) < 4.78 is 5.11. The normalized spacial score (nSPS) is 15.8. The van der Waals surface area contributed by atoms with Crippen LogP contribution in [0.2, 0.25) is 0 Å². The zero-order valence-electron chi connectivity index (χ0n) is 15.3. The number of hydrogen-bond acceptors (Lipinski definition) is 4. The van der Waals surface area contributed by atoms with E-state index in [1.807, 2.05) is 35.2 Å². The molecule has 3 amide bonds. The number of carbonyl (C=O) groups excluding carboxylic acids is 2. The quantitative estimate of drug-likeness (QED) is 0.846. The van der Waals surface area contributed by atoms with Crippen molar-refractivity contribution in [2.24, 2.45) is 5.73 Å².